The van der Waals surface area contributed by atoms with Crippen LogP contribution in [0.4, 0.5) is 5.82 Å². The summed E-state index contributed by atoms with van der Waals surface area (Å²) in [6.07, 6.45) is 3.50. The minimum atomic E-state index is 0.474. The fraction of sp³-hybridized carbons (Fsp3) is 0. The SMILES string of the molecule is C=Nc1nc2cc3ccccc3cc2nc1-n1cccn1. The van der Waals surface area contributed by atoms with E-state index in [4.69, 9.17) is 0 Å². The van der Waals surface area contributed by atoms with E-state index in [1.807, 2.05) is 36.5 Å². The van der Waals surface area contributed by atoms with E-state index in [-0.39, 0.29) is 0 Å². The van der Waals surface area contributed by atoms with Crippen LogP contribution in [0.15, 0.2) is 59.9 Å². The van der Waals surface area contributed by atoms with Gasteiger partial charge in [-0.05, 0) is 35.7 Å². The maximum atomic E-state index is 4.64. The van der Waals surface area contributed by atoms with Crippen LogP contribution in [0.2, 0.25) is 0 Å². The zero-order valence-electron chi connectivity index (χ0n) is 11.1. The molecule has 0 unspecified atom stereocenters. The summed E-state index contributed by atoms with van der Waals surface area (Å²) in [6.45, 7) is 3.58. The van der Waals surface area contributed by atoms with Crippen LogP contribution in [0.1, 0.15) is 0 Å². The molecule has 0 N–H and O–H groups in total. The summed E-state index contributed by atoms with van der Waals surface area (Å²) >= 11 is 0. The molecule has 0 atom stereocenters. The van der Waals surface area contributed by atoms with Crippen molar-refractivity contribution in [1.29, 1.82) is 0 Å². The van der Waals surface area contributed by atoms with E-state index >= 15 is 0 Å². The molecule has 5 nitrogen and oxygen atoms in total. The highest BCUT2D eigenvalue weighted by Crippen LogP contribution is 2.25. The van der Waals surface area contributed by atoms with Crippen LogP contribution in [0.5, 0.6) is 0 Å². The molecule has 0 amide bonds. The van der Waals surface area contributed by atoms with Crippen LogP contribution in [-0.2, 0) is 0 Å². The number of benzene rings is 2. The minimum absolute atomic E-state index is 0.474. The molecule has 4 rings (SSSR count). The molecule has 21 heavy (non-hydrogen) atoms. The zero-order valence-corrected chi connectivity index (χ0v) is 11.1. The Kier molecular flexibility index (Phi) is 2.50. The monoisotopic (exact) mass is 273 g/mol. The van der Waals surface area contributed by atoms with Crippen molar-refractivity contribution in [2.24, 2.45) is 4.99 Å². The Labute approximate surface area is 120 Å². The first-order chi connectivity index (χ1) is 10.3. The Hall–Kier alpha value is -3.08. The molecule has 2 heterocycles. The van der Waals surface area contributed by atoms with Crippen molar-refractivity contribution in [1.82, 2.24) is 19.7 Å². The Balaban J connectivity index is 2.07. The number of hydrogen-bond donors (Lipinski definition) is 0. The molecule has 0 saturated heterocycles. The molecule has 0 radical (unpaired) electrons. The molecule has 100 valence electrons. The van der Waals surface area contributed by atoms with Crippen molar-refractivity contribution in [2.45, 2.75) is 0 Å². The van der Waals surface area contributed by atoms with Gasteiger partial charge in [0.15, 0.2) is 11.6 Å². The molecular formula is C16H11N5. The standard InChI is InChI=1S/C16H11N5/c1-17-15-16(21-8-4-7-18-21)20-14-10-12-6-3-2-5-11(12)9-13(14)19-15/h2-10H,1H2. The molecule has 0 aliphatic carbocycles. The van der Waals surface area contributed by atoms with Crippen LogP contribution in [0.25, 0.3) is 27.6 Å². The van der Waals surface area contributed by atoms with Gasteiger partial charge in [0.05, 0.1) is 11.0 Å². The Morgan fingerprint density at radius 3 is 2.29 bits per heavy atom. The van der Waals surface area contributed by atoms with Gasteiger partial charge in [0, 0.05) is 12.4 Å². The summed E-state index contributed by atoms with van der Waals surface area (Å²) in [6, 6.07) is 14.0. The normalized spacial score (nSPS) is 11.0. The van der Waals surface area contributed by atoms with E-state index in [0.717, 1.165) is 21.8 Å². The zero-order chi connectivity index (χ0) is 14.2. The lowest BCUT2D eigenvalue weighted by molar-refractivity contribution is 0.847. The number of aliphatic imine (C=N–C) groups is 1. The highest BCUT2D eigenvalue weighted by molar-refractivity contribution is 5.95. The van der Waals surface area contributed by atoms with E-state index in [2.05, 4.69) is 38.9 Å². The summed E-state index contributed by atoms with van der Waals surface area (Å²) in [5, 5.41) is 6.45. The topological polar surface area (TPSA) is 56.0 Å². The van der Waals surface area contributed by atoms with E-state index < -0.39 is 0 Å². The number of fused-ring (bicyclic) bond motifs is 2. The highest BCUT2D eigenvalue weighted by Gasteiger charge is 2.10. The first-order valence-electron chi connectivity index (χ1n) is 6.52. The second kappa shape index (κ2) is 4.49. The van der Waals surface area contributed by atoms with Crippen LogP contribution in [-0.4, -0.2) is 26.5 Å². The third kappa shape index (κ3) is 1.87. The maximum Gasteiger partial charge on any atom is 0.199 e. The number of aromatic nitrogens is 4. The smallest absolute Gasteiger partial charge is 0.199 e. The second-order valence-corrected chi connectivity index (χ2v) is 4.67. The van der Waals surface area contributed by atoms with Crippen LogP contribution in [0.3, 0.4) is 0 Å². The van der Waals surface area contributed by atoms with E-state index in [1.165, 1.54) is 0 Å². The van der Waals surface area contributed by atoms with E-state index in [9.17, 15) is 0 Å². The molecule has 5 heteroatoms. The number of nitrogens with zero attached hydrogens (tertiary/aromatic N) is 5. The highest BCUT2D eigenvalue weighted by atomic mass is 15.3. The van der Waals surface area contributed by atoms with Crippen molar-refractivity contribution >= 4 is 34.3 Å². The molecule has 0 saturated carbocycles. The van der Waals surface area contributed by atoms with Crippen LogP contribution >= 0.6 is 0 Å². The average Bonchev–Trinajstić information content (AvgIpc) is 3.05. The molecule has 0 aliphatic heterocycles. The van der Waals surface area contributed by atoms with Gasteiger partial charge in [-0.15, -0.1) is 0 Å². The lowest BCUT2D eigenvalue weighted by atomic mass is 10.1. The van der Waals surface area contributed by atoms with Gasteiger partial charge in [0.1, 0.15) is 0 Å². The Bertz CT molecular complexity index is 957. The Morgan fingerprint density at radius 2 is 1.67 bits per heavy atom. The van der Waals surface area contributed by atoms with Crippen molar-refractivity contribution in [3.8, 4) is 5.82 Å². The first kappa shape index (κ1) is 11.7. The van der Waals surface area contributed by atoms with Gasteiger partial charge in [-0.1, -0.05) is 24.3 Å². The third-order valence-electron chi connectivity index (χ3n) is 3.37. The third-order valence-corrected chi connectivity index (χ3v) is 3.37. The molecular weight excluding hydrogens is 262 g/mol. The number of rotatable bonds is 2. The van der Waals surface area contributed by atoms with Crippen molar-refractivity contribution in [3.63, 3.8) is 0 Å². The fourth-order valence-corrected chi connectivity index (χ4v) is 2.38. The van der Waals surface area contributed by atoms with Gasteiger partial charge in [-0.3, -0.25) is 0 Å². The van der Waals surface area contributed by atoms with Crippen LogP contribution in [0, 0.1) is 0 Å². The molecule has 2 aromatic heterocycles. The average molecular weight is 273 g/mol. The largest absolute Gasteiger partial charge is 0.242 e. The Morgan fingerprint density at radius 1 is 0.952 bits per heavy atom. The second-order valence-electron chi connectivity index (χ2n) is 4.67. The molecule has 2 aromatic carbocycles. The van der Waals surface area contributed by atoms with Crippen molar-refractivity contribution in [2.75, 3.05) is 0 Å². The first-order valence-corrected chi connectivity index (χ1v) is 6.52. The molecule has 0 fully saturated rings. The molecule has 0 spiro atoms. The summed E-state index contributed by atoms with van der Waals surface area (Å²) in [4.78, 5) is 13.2. The van der Waals surface area contributed by atoms with Gasteiger partial charge in [-0.2, -0.15) is 5.10 Å². The molecule has 0 bridgehead atoms. The maximum absolute atomic E-state index is 4.64. The lowest BCUT2D eigenvalue weighted by Gasteiger charge is -2.07. The lowest BCUT2D eigenvalue weighted by Crippen LogP contribution is -2.00. The summed E-state index contributed by atoms with van der Waals surface area (Å²) in [7, 11) is 0. The van der Waals surface area contributed by atoms with Gasteiger partial charge in [-0.25, -0.2) is 19.6 Å². The van der Waals surface area contributed by atoms with Gasteiger partial charge < -0.3 is 0 Å². The van der Waals surface area contributed by atoms with E-state index in [0.29, 0.717) is 11.6 Å². The predicted octanol–water partition coefficient (Wildman–Crippen LogP) is 3.30. The molecule has 0 aliphatic rings. The summed E-state index contributed by atoms with van der Waals surface area (Å²) in [5.74, 6) is 1.05. The predicted molar refractivity (Wildman–Crippen MR) is 83.4 cm³/mol. The van der Waals surface area contributed by atoms with Crippen molar-refractivity contribution in [3.05, 3.63) is 54.9 Å². The van der Waals surface area contributed by atoms with Crippen LogP contribution < -0.4 is 0 Å². The fourth-order valence-electron chi connectivity index (χ4n) is 2.38. The van der Waals surface area contributed by atoms with Gasteiger partial charge in [0.2, 0.25) is 0 Å². The quantitative estimate of drug-likeness (QED) is 0.416. The minimum Gasteiger partial charge on any atom is -0.242 e. The summed E-state index contributed by atoms with van der Waals surface area (Å²) < 4.78 is 1.64. The molecule has 4 aromatic rings. The van der Waals surface area contributed by atoms with E-state index in [1.54, 1.807) is 10.9 Å². The summed E-state index contributed by atoms with van der Waals surface area (Å²) in [5.41, 5.74) is 1.61. The van der Waals surface area contributed by atoms with Crippen molar-refractivity contribution < 1.29 is 0 Å². The number of hydrogen-bond acceptors (Lipinski definition) is 4. The van der Waals surface area contributed by atoms with Gasteiger partial charge >= 0.3 is 0 Å². The van der Waals surface area contributed by atoms with Gasteiger partial charge in [0.25, 0.3) is 0 Å².